The Morgan fingerprint density at radius 3 is 2.89 bits per heavy atom. The second-order valence-corrected chi connectivity index (χ2v) is 4.94. The number of nitrogens with zero attached hydrogens (tertiary/aromatic N) is 1. The van der Waals surface area contributed by atoms with Gasteiger partial charge in [0.2, 0.25) is 0 Å². The summed E-state index contributed by atoms with van der Waals surface area (Å²) in [6, 6.07) is 5.12. The average molecular weight is 262 g/mol. The summed E-state index contributed by atoms with van der Waals surface area (Å²) in [7, 11) is 0. The molecular formula is C12H14N4OS. The largest absolute Gasteiger partial charge is 0.398 e. The maximum atomic E-state index is 11.2. The van der Waals surface area contributed by atoms with E-state index in [-0.39, 0.29) is 0 Å². The summed E-state index contributed by atoms with van der Waals surface area (Å²) in [5.41, 5.74) is 13.4. The van der Waals surface area contributed by atoms with Gasteiger partial charge in [0, 0.05) is 16.8 Å². The smallest absolute Gasteiger partial charge is 0.250 e. The van der Waals surface area contributed by atoms with Crippen molar-refractivity contribution in [2.45, 2.75) is 13.5 Å². The Labute approximate surface area is 109 Å². The summed E-state index contributed by atoms with van der Waals surface area (Å²) in [5, 5.41) is 6.20. The Morgan fingerprint density at radius 1 is 1.50 bits per heavy atom. The molecule has 0 aliphatic heterocycles. The van der Waals surface area contributed by atoms with E-state index in [4.69, 9.17) is 11.5 Å². The Kier molecular flexibility index (Phi) is 3.47. The number of benzene rings is 1. The normalized spacial score (nSPS) is 10.3. The minimum absolute atomic E-state index is 0.328. The van der Waals surface area contributed by atoms with Gasteiger partial charge in [0.05, 0.1) is 22.8 Å². The number of nitrogen functional groups attached to an aromatic ring is 1. The molecule has 0 saturated heterocycles. The van der Waals surface area contributed by atoms with Crippen molar-refractivity contribution < 1.29 is 4.79 Å². The van der Waals surface area contributed by atoms with Crippen LogP contribution in [0.2, 0.25) is 0 Å². The molecule has 6 heteroatoms. The molecule has 0 atom stereocenters. The van der Waals surface area contributed by atoms with Gasteiger partial charge in [0.15, 0.2) is 0 Å². The lowest BCUT2D eigenvalue weighted by atomic mass is 10.1. The highest BCUT2D eigenvalue weighted by molar-refractivity contribution is 7.09. The number of carbonyl (C=O) groups is 1. The zero-order chi connectivity index (χ0) is 13.1. The summed E-state index contributed by atoms with van der Waals surface area (Å²) in [5.74, 6) is -0.527. The molecule has 0 radical (unpaired) electrons. The van der Waals surface area contributed by atoms with Crippen molar-refractivity contribution in [1.29, 1.82) is 0 Å². The quantitative estimate of drug-likeness (QED) is 0.731. The van der Waals surface area contributed by atoms with Crippen LogP contribution in [0.4, 0.5) is 11.4 Å². The molecule has 18 heavy (non-hydrogen) atoms. The fraction of sp³-hybridized carbons (Fsp3) is 0.167. The number of nitrogens with one attached hydrogen (secondary N) is 1. The van der Waals surface area contributed by atoms with Gasteiger partial charge in [0.1, 0.15) is 0 Å². The van der Waals surface area contributed by atoms with Crippen molar-refractivity contribution in [3.05, 3.63) is 39.8 Å². The SMILES string of the molecule is Cc1nc(CNc2ccc(N)c(C(N)=O)c2)cs1. The highest BCUT2D eigenvalue weighted by Crippen LogP contribution is 2.18. The van der Waals surface area contributed by atoms with Crippen molar-refractivity contribution in [1.82, 2.24) is 4.98 Å². The molecule has 0 aliphatic carbocycles. The van der Waals surface area contributed by atoms with Gasteiger partial charge < -0.3 is 16.8 Å². The summed E-state index contributed by atoms with van der Waals surface area (Å²) < 4.78 is 0. The second-order valence-electron chi connectivity index (χ2n) is 3.88. The van der Waals surface area contributed by atoms with E-state index in [9.17, 15) is 4.79 Å². The molecule has 1 heterocycles. The predicted molar refractivity (Wildman–Crippen MR) is 73.6 cm³/mol. The number of rotatable bonds is 4. The molecule has 2 rings (SSSR count). The second kappa shape index (κ2) is 5.05. The number of amides is 1. The van der Waals surface area contributed by atoms with Crippen LogP contribution in [-0.2, 0) is 6.54 Å². The average Bonchev–Trinajstić information content (AvgIpc) is 2.74. The van der Waals surface area contributed by atoms with Gasteiger partial charge in [-0.25, -0.2) is 4.98 Å². The molecule has 1 aromatic carbocycles. The molecule has 0 unspecified atom stereocenters. The van der Waals surface area contributed by atoms with Crippen LogP contribution in [0.15, 0.2) is 23.6 Å². The third kappa shape index (κ3) is 2.78. The van der Waals surface area contributed by atoms with Crippen LogP contribution in [0.5, 0.6) is 0 Å². The lowest BCUT2D eigenvalue weighted by molar-refractivity contribution is 0.100. The van der Waals surface area contributed by atoms with Crippen LogP contribution in [0.25, 0.3) is 0 Å². The molecule has 5 nitrogen and oxygen atoms in total. The fourth-order valence-electron chi connectivity index (χ4n) is 1.56. The summed E-state index contributed by atoms with van der Waals surface area (Å²) in [4.78, 5) is 15.5. The van der Waals surface area contributed by atoms with Crippen molar-refractivity contribution in [3.63, 3.8) is 0 Å². The molecule has 0 fully saturated rings. The molecule has 0 bridgehead atoms. The Morgan fingerprint density at radius 2 is 2.28 bits per heavy atom. The number of carbonyl (C=O) groups excluding carboxylic acids is 1. The van der Waals surface area contributed by atoms with Crippen LogP contribution in [0.1, 0.15) is 21.1 Å². The zero-order valence-electron chi connectivity index (χ0n) is 9.93. The number of nitrogens with two attached hydrogens (primary N) is 2. The third-order valence-electron chi connectivity index (χ3n) is 2.46. The van der Waals surface area contributed by atoms with Crippen molar-refractivity contribution >= 4 is 28.6 Å². The van der Waals surface area contributed by atoms with Gasteiger partial charge in [-0.1, -0.05) is 0 Å². The third-order valence-corrected chi connectivity index (χ3v) is 3.28. The van der Waals surface area contributed by atoms with Crippen LogP contribution >= 0.6 is 11.3 Å². The van der Waals surface area contributed by atoms with Crippen LogP contribution < -0.4 is 16.8 Å². The van der Waals surface area contributed by atoms with E-state index in [1.165, 1.54) is 0 Å². The maximum absolute atomic E-state index is 11.2. The van der Waals surface area contributed by atoms with Crippen LogP contribution in [0, 0.1) is 6.92 Å². The molecular weight excluding hydrogens is 248 g/mol. The van der Waals surface area contributed by atoms with Gasteiger partial charge in [-0.2, -0.15) is 0 Å². The van der Waals surface area contributed by atoms with Gasteiger partial charge in [0.25, 0.3) is 5.91 Å². The number of anilines is 2. The van der Waals surface area contributed by atoms with Gasteiger partial charge >= 0.3 is 0 Å². The standard InChI is InChI=1S/C12H14N4OS/c1-7-16-9(6-18-7)5-15-8-2-3-11(13)10(4-8)12(14)17/h2-4,6,15H,5,13H2,1H3,(H2,14,17). The van der Waals surface area contributed by atoms with E-state index < -0.39 is 5.91 Å². The number of thiazole rings is 1. The first-order chi connectivity index (χ1) is 8.56. The van der Waals surface area contributed by atoms with E-state index in [1.54, 1.807) is 29.5 Å². The molecule has 1 amide bonds. The van der Waals surface area contributed by atoms with Crippen molar-refractivity contribution in [3.8, 4) is 0 Å². The van der Waals surface area contributed by atoms with Gasteiger partial charge in [-0.05, 0) is 25.1 Å². The first-order valence-electron chi connectivity index (χ1n) is 5.40. The number of hydrogen-bond donors (Lipinski definition) is 3. The Balaban J connectivity index is 2.10. The number of aromatic nitrogens is 1. The topological polar surface area (TPSA) is 94.0 Å². The predicted octanol–water partition coefficient (Wildman–Crippen LogP) is 1.74. The molecule has 0 aliphatic rings. The van der Waals surface area contributed by atoms with Crippen molar-refractivity contribution in [2.75, 3.05) is 11.1 Å². The molecule has 94 valence electrons. The molecule has 5 N–H and O–H groups in total. The Hall–Kier alpha value is -2.08. The minimum atomic E-state index is -0.527. The zero-order valence-corrected chi connectivity index (χ0v) is 10.8. The highest BCUT2D eigenvalue weighted by Gasteiger charge is 2.06. The number of primary amides is 1. The van der Waals surface area contributed by atoms with E-state index in [1.807, 2.05) is 12.3 Å². The lowest BCUT2D eigenvalue weighted by Gasteiger charge is -2.07. The summed E-state index contributed by atoms with van der Waals surface area (Å²) in [6.07, 6.45) is 0. The van der Waals surface area contributed by atoms with Crippen LogP contribution in [0.3, 0.4) is 0 Å². The van der Waals surface area contributed by atoms with E-state index in [2.05, 4.69) is 10.3 Å². The summed E-state index contributed by atoms with van der Waals surface area (Å²) >= 11 is 1.60. The first-order valence-corrected chi connectivity index (χ1v) is 6.28. The van der Waals surface area contributed by atoms with E-state index in [0.29, 0.717) is 17.8 Å². The number of aryl methyl sites for hydroxylation is 1. The Bertz CT molecular complexity index is 579. The van der Waals surface area contributed by atoms with Crippen LogP contribution in [-0.4, -0.2) is 10.9 Å². The molecule has 0 saturated carbocycles. The van der Waals surface area contributed by atoms with E-state index in [0.717, 1.165) is 16.4 Å². The first kappa shape index (κ1) is 12.4. The van der Waals surface area contributed by atoms with Gasteiger partial charge in [-0.3, -0.25) is 4.79 Å². The molecule has 2 aromatic rings. The highest BCUT2D eigenvalue weighted by atomic mass is 32.1. The monoisotopic (exact) mass is 262 g/mol. The fourth-order valence-corrected chi connectivity index (χ4v) is 2.17. The minimum Gasteiger partial charge on any atom is -0.398 e. The van der Waals surface area contributed by atoms with Gasteiger partial charge in [-0.15, -0.1) is 11.3 Å². The van der Waals surface area contributed by atoms with Crippen molar-refractivity contribution in [2.24, 2.45) is 5.73 Å². The molecule has 0 spiro atoms. The summed E-state index contributed by atoms with van der Waals surface area (Å²) in [6.45, 7) is 2.56. The maximum Gasteiger partial charge on any atom is 0.250 e. The van der Waals surface area contributed by atoms with E-state index >= 15 is 0 Å². The number of hydrogen-bond acceptors (Lipinski definition) is 5. The molecule has 1 aromatic heterocycles. The lowest BCUT2D eigenvalue weighted by Crippen LogP contribution is -2.14.